The van der Waals surface area contributed by atoms with Crippen LogP contribution in [0, 0.1) is 0 Å². The van der Waals surface area contributed by atoms with Crippen LogP contribution in [0.2, 0.25) is 5.02 Å². The summed E-state index contributed by atoms with van der Waals surface area (Å²) in [6.45, 7) is 0. The van der Waals surface area contributed by atoms with Crippen molar-refractivity contribution < 1.29 is 0 Å². The summed E-state index contributed by atoms with van der Waals surface area (Å²) in [5, 5.41) is 6.32. The Morgan fingerprint density at radius 2 is 0.872 bits per heavy atom. The van der Waals surface area contributed by atoms with Crippen LogP contribution in [0.1, 0.15) is 12.0 Å². The van der Waals surface area contributed by atoms with Gasteiger partial charge in [0.1, 0.15) is 0 Å². The normalized spacial score (nSPS) is 14.4. The number of allylic oxidation sites excluding steroid dienone is 4. The van der Waals surface area contributed by atoms with Crippen molar-refractivity contribution in [2.24, 2.45) is 0 Å². The molecule has 39 heavy (non-hydrogen) atoms. The van der Waals surface area contributed by atoms with E-state index >= 15 is 0 Å². The third-order valence-corrected chi connectivity index (χ3v) is 14.3. The Labute approximate surface area is 239 Å². The SMILES string of the molecule is Clc1ccccc1C1=CC=CCC1(P(c1ccccc1)c1ccccc1)P(c1ccccc1)c1ccccc1. The third kappa shape index (κ3) is 5.06. The molecule has 0 spiro atoms. The van der Waals surface area contributed by atoms with E-state index in [1.54, 1.807) is 0 Å². The van der Waals surface area contributed by atoms with Crippen molar-refractivity contribution >= 4 is 54.2 Å². The minimum absolute atomic E-state index is 0.240. The Kier molecular flexibility index (Phi) is 7.90. The van der Waals surface area contributed by atoms with Gasteiger partial charge in [0.15, 0.2) is 0 Å². The van der Waals surface area contributed by atoms with Crippen molar-refractivity contribution in [3.8, 4) is 0 Å². The Balaban J connectivity index is 1.75. The van der Waals surface area contributed by atoms with Crippen molar-refractivity contribution in [2.45, 2.75) is 11.3 Å². The fourth-order valence-electron chi connectivity index (χ4n) is 5.61. The zero-order valence-electron chi connectivity index (χ0n) is 21.6. The quantitative estimate of drug-likeness (QED) is 0.175. The summed E-state index contributed by atoms with van der Waals surface area (Å²) in [6, 6.07) is 53.0. The number of hydrogen-bond donors (Lipinski definition) is 0. The van der Waals surface area contributed by atoms with Gasteiger partial charge in [-0.05, 0) is 60.7 Å². The minimum Gasteiger partial charge on any atom is -0.0837 e. The van der Waals surface area contributed by atoms with Crippen LogP contribution < -0.4 is 21.2 Å². The molecule has 0 bridgehead atoms. The second kappa shape index (κ2) is 11.9. The van der Waals surface area contributed by atoms with Crippen molar-refractivity contribution in [3.05, 3.63) is 174 Å². The molecule has 0 radical (unpaired) electrons. The van der Waals surface area contributed by atoms with Crippen molar-refractivity contribution in [1.82, 2.24) is 0 Å². The van der Waals surface area contributed by atoms with Gasteiger partial charge in [0, 0.05) is 5.02 Å². The second-order valence-electron chi connectivity index (χ2n) is 9.52. The molecule has 0 nitrogen and oxygen atoms in total. The fourth-order valence-corrected chi connectivity index (χ4v) is 13.7. The Bertz CT molecular complexity index is 1420. The van der Waals surface area contributed by atoms with Crippen molar-refractivity contribution in [2.75, 3.05) is 0 Å². The molecule has 1 aliphatic carbocycles. The van der Waals surface area contributed by atoms with Gasteiger partial charge in [-0.3, -0.25) is 0 Å². The number of halogens is 1. The molecule has 0 aromatic heterocycles. The van der Waals surface area contributed by atoms with E-state index in [0.717, 1.165) is 17.0 Å². The smallest absolute Gasteiger partial charge is 0.0555 e. The van der Waals surface area contributed by atoms with E-state index in [1.807, 2.05) is 12.1 Å². The molecular weight excluding hydrogens is 530 g/mol. The van der Waals surface area contributed by atoms with Gasteiger partial charge in [-0.25, -0.2) is 0 Å². The monoisotopic (exact) mass is 558 g/mol. The lowest BCUT2D eigenvalue weighted by molar-refractivity contribution is 0.988. The van der Waals surface area contributed by atoms with Gasteiger partial charge >= 0.3 is 0 Å². The second-order valence-corrected chi connectivity index (χ2v) is 15.2. The highest BCUT2D eigenvalue weighted by atomic mass is 35.5. The van der Waals surface area contributed by atoms with E-state index in [9.17, 15) is 0 Å². The minimum atomic E-state index is -0.865. The molecule has 0 N–H and O–H groups in total. The van der Waals surface area contributed by atoms with Gasteiger partial charge in [-0.1, -0.05) is 169 Å². The molecule has 190 valence electrons. The molecule has 0 atom stereocenters. The Morgan fingerprint density at radius 3 is 1.28 bits per heavy atom. The maximum atomic E-state index is 7.03. The topological polar surface area (TPSA) is 0 Å². The molecule has 0 saturated heterocycles. The molecule has 3 heteroatoms. The van der Waals surface area contributed by atoms with E-state index in [4.69, 9.17) is 11.6 Å². The number of benzene rings is 5. The maximum absolute atomic E-state index is 7.03. The predicted octanol–water partition coefficient (Wildman–Crippen LogP) is 8.65. The summed E-state index contributed by atoms with van der Waals surface area (Å²) in [5.41, 5.74) is 2.45. The van der Waals surface area contributed by atoms with E-state index in [0.29, 0.717) is 0 Å². The predicted molar refractivity (Wildman–Crippen MR) is 174 cm³/mol. The summed E-state index contributed by atoms with van der Waals surface area (Å²) in [5.74, 6) is 0. The third-order valence-electron chi connectivity index (χ3n) is 7.19. The van der Waals surface area contributed by atoms with Gasteiger partial charge < -0.3 is 0 Å². The molecule has 1 aliphatic rings. The average molecular weight is 559 g/mol. The van der Waals surface area contributed by atoms with Gasteiger partial charge in [-0.2, -0.15) is 0 Å². The first kappa shape index (κ1) is 26.0. The lowest BCUT2D eigenvalue weighted by atomic mass is 9.96. The summed E-state index contributed by atoms with van der Waals surface area (Å²) in [6.07, 6.45) is 7.87. The van der Waals surface area contributed by atoms with Crippen LogP contribution in [0.15, 0.2) is 164 Å². The highest BCUT2D eigenvalue weighted by Gasteiger charge is 2.51. The van der Waals surface area contributed by atoms with Gasteiger partial charge in [0.2, 0.25) is 0 Å². The molecule has 6 rings (SSSR count). The molecule has 0 amide bonds. The first-order chi connectivity index (χ1) is 19.3. The van der Waals surface area contributed by atoms with Crippen LogP contribution in [0.3, 0.4) is 0 Å². The lowest BCUT2D eigenvalue weighted by Crippen LogP contribution is -2.40. The zero-order chi connectivity index (χ0) is 26.5. The van der Waals surface area contributed by atoms with Crippen LogP contribution >= 0.6 is 27.4 Å². The number of hydrogen-bond acceptors (Lipinski definition) is 0. The first-order valence-corrected chi connectivity index (χ1v) is 16.3. The van der Waals surface area contributed by atoms with E-state index in [1.165, 1.54) is 26.8 Å². The highest BCUT2D eigenvalue weighted by molar-refractivity contribution is 7.91. The van der Waals surface area contributed by atoms with Gasteiger partial charge in [-0.15, -0.1) is 0 Å². The van der Waals surface area contributed by atoms with Crippen LogP contribution in [0.4, 0.5) is 0 Å². The highest BCUT2D eigenvalue weighted by Crippen LogP contribution is 2.72. The van der Waals surface area contributed by atoms with Gasteiger partial charge in [0.25, 0.3) is 0 Å². The largest absolute Gasteiger partial charge is 0.0837 e. The van der Waals surface area contributed by atoms with E-state index in [-0.39, 0.29) is 4.90 Å². The van der Waals surface area contributed by atoms with Crippen LogP contribution in [0.25, 0.3) is 5.57 Å². The van der Waals surface area contributed by atoms with Crippen molar-refractivity contribution in [3.63, 3.8) is 0 Å². The zero-order valence-corrected chi connectivity index (χ0v) is 24.1. The molecule has 0 saturated carbocycles. The summed E-state index contributed by atoms with van der Waals surface area (Å²) in [7, 11) is -1.73. The average Bonchev–Trinajstić information content (AvgIpc) is 3.00. The van der Waals surface area contributed by atoms with Gasteiger partial charge in [0.05, 0.1) is 4.90 Å². The first-order valence-electron chi connectivity index (χ1n) is 13.2. The van der Waals surface area contributed by atoms with E-state index in [2.05, 4.69) is 152 Å². The summed E-state index contributed by atoms with van der Waals surface area (Å²) in [4.78, 5) is -0.240. The molecule has 5 aromatic carbocycles. The fraction of sp³-hybridized carbons (Fsp3) is 0.0556. The molecule has 0 aliphatic heterocycles. The molecule has 0 unspecified atom stereocenters. The Hall–Kier alpha value is -3.27. The van der Waals surface area contributed by atoms with Crippen molar-refractivity contribution in [1.29, 1.82) is 0 Å². The standard InChI is InChI=1S/C36H29ClP2/c37-35-27-14-13-25-33(35)34-26-15-16-28-36(34,38(29-17-5-1-6-18-29)30-19-7-2-8-20-30)39(31-21-9-3-10-22-31)32-23-11-4-12-24-32/h1-27H,28H2. The number of rotatable bonds is 7. The van der Waals surface area contributed by atoms with E-state index < -0.39 is 15.8 Å². The summed E-state index contributed by atoms with van der Waals surface area (Å²) < 4.78 is 0. The lowest BCUT2D eigenvalue weighted by Gasteiger charge is -2.50. The molecule has 5 aromatic rings. The van der Waals surface area contributed by atoms with Crippen LogP contribution in [0.5, 0.6) is 0 Å². The Morgan fingerprint density at radius 1 is 0.487 bits per heavy atom. The molecule has 0 heterocycles. The van der Waals surface area contributed by atoms with Crippen LogP contribution in [-0.2, 0) is 0 Å². The summed E-state index contributed by atoms with van der Waals surface area (Å²) >= 11 is 7.03. The maximum Gasteiger partial charge on any atom is 0.0555 e. The van der Waals surface area contributed by atoms with Crippen LogP contribution in [-0.4, -0.2) is 4.90 Å². The molecule has 0 fully saturated rings. The molecular formula is C36H29ClP2.